The maximum atomic E-state index is 14.0. The average molecular weight is 514 g/mol. The van der Waals surface area contributed by atoms with E-state index in [0.29, 0.717) is 29.1 Å². The van der Waals surface area contributed by atoms with E-state index in [2.05, 4.69) is 5.32 Å². The van der Waals surface area contributed by atoms with Gasteiger partial charge in [0.1, 0.15) is 17.8 Å². The number of carbonyl (C=O) groups excluding carboxylic acids is 2. The van der Waals surface area contributed by atoms with Crippen LogP contribution in [0.1, 0.15) is 53.9 Å². The zero-order valence-corrected chi connectivity index (χ0v) is 21.0. The van der Waals surface area contributed by atoms with Crippen molar-refractivity contribution in [1.29, 1.82) is 10.8 Å². The van der Waals surface area contributed by atoms with Crippen LogP contribution in [0.2, 0.25) is 5.02 Å². The minimum atomic E-state index is -1.45. The quantitative estimate of drug-likeness (QED) is 0.514. The van der Waals surface area contributed by atoms with Gasteiger partial charge in [-0.25, -0.2) is 4.39 Å². The molecule has 2 amide bonds. The number of carbonyl (C=O) groups is 2. The number of benzene rings is 1. The van der Waals surface area contributed by atoms with E-state index >= 15 is 0 Å². The van der Waals surface area contributed by atoms with Gasteiger partial charge in [-0.1, -0.05) is 37.1 Å². The monoisotopic (exact) mass is 513 g/mol. The third-order valence-corrected chi connectivity index (χ3v) is 7.07. The number of pyridine rings is 1. The molecule has 0 radical (unpaired) electrons. The summed E-state index contributed by atoms with van der Waals surface area (Å²) in [5, 5.41) is 20.2. The Bertz CT molecular complexity index is 1290. The summed E-state index contributed by atoms with van der Waals surface area (Å²) in [4.78, 5) is 40.9. The molecule has 1 atom stereocenters. The van der Waals surface area contributed by atoms with Gasteiger partial charge in [-0.05, 0) is 49.4 Å². The summed E-state index contributed by atoms with van der Waals surface area (Å²) in [6, 6.07) is 8.26. The lowest BCUT2D eigenvalue weighted by Crippen LogP contribution is -2.60. The first-order valence-corrected chi connectivity index (χ1v) is 12.3. The molecular weight excluding hydrogens is 485 g/mol. The molecule has 1 saturated heterocycles. The molecule has 0 saturated carbocycles. The third-order valence-electron chi connectivity index (χ3n) is 6.82. The van der Waals surface area contributed by atoms with Gasteiger partial charge in [0.05, 0.1) is 24.5 Å². The molecule has 3 N–H and O–H groups in total. The number of aromatic nitrogens is 1. The average Bonchev–Trinajstić information content (AvgIpc) is 2.94. The molecule has 1 aromatic heterocycles. The van der Waals surface area contributed by atoms with E-state index in [4.69, 9.17) is 22.4 Å². The molecule has 8 nitrogen and oxygen atoms in total. The summed E-state index contributed by atoms with van der Waals surface area (Å²) in [5.41, 5.74) is -0.688. The summed E-state index contributed by atoms with van der Waals surface area (Å²) < 4.78 is 15.2. The second-order valence-electron chi connectivity index (χ2n) is 9.82. The molecule has 1 aromatic carbocycles. The fourth-order valence-electron chi connectivity index (χ4n) is 4.70. The number of hydrogen-bond acceptors (Lipinski definition) is 5. The predicted molar refractivity (Wildman–Crippen MR) is 136 cm³/mol. The number of nitrogens with zero attached hydrogens (tertiary/aromatic N) is 2. The minimum Gasteiger partial charge on any atom is -0.348 e. The van der Waals surface area contributed by atoms with Crippen LogP contribution < -0.4 is 10.9 Å². The van der Waals surface area contributed by atoms with E-state index in [0.717, 1.165) is 12.0 Å². The van der Waals surface area contributed by atoms with Crippen LogP contribution in [0.3, 0.4) is 0 Å². The first-order chi connectivity index (χ1) is 17.0. The summed E-state index contributed by atoms with van der Waals surface area (Å²) in [7, 11) is 0. The fourth-order valence-corrected chi connectivity index (χ4v) is 4.82. The molecule has 1 aliphatic heterocycles. The molecule has 2 aliphatic rings. The lowest BCUT2D eigenvalue weighted by atomic mass is 9.96. The Kier molecular flexibility index (Phi) is 7.13. The van der Waals surface area contributed by atoms with Gasteiger partial charge in [0.2, 0.25) is 5.91 Å². The number of hydrogen-bond donors (Lipinski definition) is 3. The van der Waals surface area contributed by atoms with Crippen LogP contribution in [-0.4, -0.2) is 51.5 Å². The molecular formula is C26H29ClFN5O3. The van der Waals surface area contributed by atoms with Crippen LogP contribution in [0, 0.1) is 16.7 Å². The first kappa shape index (κ1) is 25.8. The van der Waals surface area contributed by atoms with Crippen molar-refractivity contribution in [2.24, 2.45) is 5.92 Å². The molecule has 1 unspecified atom stereocenters. The van der Waals surface area contributed by atoms with Crippen molar-refractivity contribution < 1.29 is 14.0 Å². The number of amides is 2. The zero-order chi connectivity index (χ0) is 26.2. The van der Waals surface area contributed by atoms with Gasteiger partial charge in [-0.2, -0.15) is 0 Å². The van der Waals surface area contributed by atoms with Gasteiger partial charge >= 0.3 is 0 Å². The van der Waals surface area contributed by atoms with Crippen molar-refractivity contribution in [2.45, 2.75) is 51.9 Å². The zero-order valence-electron chi connectivity index (χ0n) is 20.3. The van der Waals surface area contributed by atoms with Crippen LogP contribution >= 0.6 is 11.6 Å². The van der Waals surface area contributed by atoms with Crippen molar-refractivity contribution >= 4 is 34.8 Å². The SMILES string of the molecule is CCC1CC(=N)C(=N)c2cc(C(=O)NCc3ccc(Cl)cc3)c(=O)n(CC(=O)N3CC(C)(F)C3)c2C1. The molecule has 0 spiro atoms. The number of halogens is 2. The Morgan fingerprint density at radius 1 is 1.19 bits per heavy atom. The number of rotatable bonds is 6. The molecule has 10 heteroatoms. The Labute approximate surface area is 213 Å². The largest absolute Gasteiger partial charge is 0.348 e. The van der Waals surface area contributed by atoms with E-state index in [1.165, 1.54) is 22.5 Å². The summed E-state index contributed by atoms with van der Waals surface area (Å²) in [5.74, 6) is -1.05. The molecule has 1 aliphatic carbocycles. The summed E-state index contributed by atoms with van der Waals surface area (Å²) in [6.45, 7) is 3.08. The van der Waals surface area contributed by atoms with Gasteiger partial charge in [-0.15, -0.1) is 0 Å². The van der Waals surface area contributed by atoms with Crippen LogP contribution in [-0.2, 0) is 24.3 Å². The van der Waals surface area contributed by atoms with E-state index < -0.39 is 23.0 Å². The smallest absolute Gasteiger partial charge is 0.264 e. The molecule has 2 aromatic rings. The minimum absolute atomic E-state index is 0.0163. The number of likely N-dealkylation sites (tertiary alicyclic amines) is 1. The van der Waals surface area contributed by atoms with E-state index in [1.54, 1.807) is 24.3 Å². The molecule has 2 heterocycles. The number of alkyl halides is 1. The highest BCUT2D eigenvalue weighted by molar-refractivity contribution is 6.46. The first-order valence-electron chi connectivity index (χ1n) is 11.9. The van der Waals surface area contributed by atoms with Gasteiger partial charge in [0.15, 0.2) is 0 Å². The van der Waals surface area contributed by atoms with Gasteiger partial charge in [0, 0.05) is 22.8 Å². The van der Waals surface area contributed by atoms with Crippen molar-refractivity contribution in [3.63, 3.8) is 0 Å². The summed E-state index contributed by atoms with van der Waals surface area (Å²) in [6.07, 6.45) is 1.50. The molecule has 190 valence electrons. The normalized spacial score (nSPS) is 18.8. The predicted octanol–water partition coefficient (Wildman–Crippen LogP) is 3.36. The van der Waals surface area contributed by atoms with Gasteiger partial charge < -0.3 is 20.2 Å². The van der Waals surface area contributed by atoms with E-state index in [9.17, 15) is 18.8 Å². The second-order valence-corrected chi connectivity index (χ2v) is 10.3. The lowest BCUT2D eigenvalue weighted by molar-refractivity contribution is -0.144. The van der Waals surface area contributed by atoms with Crippen molar-refractivity contribution in [3.05, 3.63) is 68.1 Å². The molecule has 1 fully saturated rings. The third kappa shape index (κ3) is 5.26. The number of nitrogens with one attached hydrogen (secondary N) is 3. The standard InChI is InChI=1S/C26H29ClFN5O3/c1-3-15-8-20(29)23(30)18-10-19(24(35)31-11-16-4-6-17(27)7-5-16)25(36)33(21(18)9-15)12-22(34)32-13-26(2,28)14-32/h4-7,10,15,29-30H,3,8-9,11-14H2,1-2H3,(H,31,35). The molecule has 0 bridgehead atoms. The number of fused-ring (bicyclic) bond motifs is 1. The van der Waals surface area contributed by atoms with Crippen molar-refractivity contribution in [2.75, 3.05) is 13.1 Å². The Hall–Kier alpha value is -3.33. The van der Waals surface area contributed by atoms with Gasteiger partial charge in [0.25, 0.3) is 11.5 Å². The Morgan fingerprint density at radius 3 is 2.47 bits per heavy atom. The van der Waals surface area contributed by atoms with Gasteiger partial charge in [-0.3, -0.25) is 19.8 Å². The van der Waals surface area contributed by atoms with E-state index in [-0.39, 0.29) is 49.1 Å². The van der Waals surface area contributed by atoms with Crippen LogP contribution in [0.5, 0.6) is 0 Å². The molecule has 4 rings (SSSR count). The van der Waals surface area contributed by atoms with Crippen LogP contribution in [0.15, 0.2) is 35.1 Å². The highest BCUT2D eigenvalue weighted by Crippen LogP contribution is 2.27. The lowest BCUT2D eigenvalue weighted by Gasteiger charge is -2.42. The highest BCUT2D eigenvalue weighted by Gasteiger charge is 2.41. The summed E-state index contributed by atoms with van der Waals surface area (Å²) >= 11 is 5.91. The molecule has 36 heavy (non-hydrogen) atoms. The van der Waals surface area contributed by atoms with Crippen LogP contribution in [0.25, 0.3) is 0 Å². The Morgan fingerprint density at radius 2 is 1.86 bits per heavy atom. The van der Waals surface area contributed by atoms with Crippen molar-refractivity contribution in [1.82, 2.24) is 14.8 Å². The van der Waals surface area contributed by atoms with Crippen LogP contribution in [0.4, 0.5) is 4.39 Å². The topological polar surface area (TPSA) is 119 Å². The van der Waals surface area contributed by atoms with E-state index in [1.807, 2.05) is 6.92 Å². The maximum absolute atomic E-state index is 14.0. The highest BCUT2D eigenvalue weighted by atomic mass is 35.5. The second kappa shape index (κ2) is 9.97. The maximum Gasteiger partial charge on any atom is 0.264 e. The Balaban J connectivity index is 1.71. The van der Waals surface area contributed by atoms with Crippen molar-refractivity contribution in [3.8, 4) is 0 Å². The fraction of sp³-hybridized carbons (Fsp3) is 0.423.